The molecule has 9 radical (unpaired) electrons. The van der Waals surface area contributed by atoms with Gasteiger partial charge < -0.3 is 0 Å². The summed E-state index contributed by atoms with van der Waals surface area (Å²) in [6, 6.07) is 0. The Morgan fingerprint density at radius 2 is 1.33 bits per heavy atom. The van der Waals surface area contributed by atoms with Crippen LogP contribution in [0.2, 0.25) is 0 Å². The van der Waals surface area contributed by atoms with Crippen molar-refractivity contribution < 1.29 is 0 Å². The standard InChI is InChI=1S/B15H12/c1-9-13(8)15(12(6)7)14(10(2)3)11(4)5/h1-4H3/q-4. The summed E-state index contributed by atoms with van der Waals surface area (Å²) in [6.07, 6.45) is 2.25. The summed E-state index contributed by atoms with van der Waals surface area (Å²) in [5.74, 6) is 0. The molecule has 15 heteroatoms. The van der Waals surface area contributed by atoms with Crippen LogP contribution in [0.3, 0.4) is 0 Å². The fraction of sp³-hybridized carbons (Fsp3) is 0. The zero-order chi connectivity index (χ0) is 12.2. The molecule has 0 rings (SSSR count). The van der Waals surface area contributed by atoms with Gasteiger partial charge in [0.15, 0.2) is 0 Å². The minimum absolute atomic E-state index is 0.137. The normalized spacial score (nSPS) is 9.07. The molecule has 0 aromatic rings. The van der Waals surface area contributed by atoms with Crippen molar-refractivity contribution in [2.45, 2.75) is 0 Å². The van der Waals surface area contributed by atoms with Crippen LogP contribution in [0.5, 0.6) is 0 Å². The van der Waals surface area contributed by atoms with Crippen LogP contribution in [0.1, 0.15) is 0 Å². The van der Waals surface area contributed by atoms with E-state index in [9.17, 15) is 0 Å². The van der Waals surface area contributed by atoms with Gasteiger partial charge in [0.1, 0.15) is 0 Å². The third-order valence-corrected chi connectivity index (χ3v) is 1.56. The maximum absolute atomic E-state index is 6.20. The summed E-state index contributed by atoms with van der Waals surface area (Å²) >= 11 is 0. The Labute approximate surface area is 107 Å². The van der Waals surface area contributed by atoms with Gasteiger partial charge in [-0.15, -0.1) is 21.9 Å². The molecule has 0 saturated heterocycles. The first kappa shape index (κ1) is 16.0. The zero-order valence-electron chi connectivity index (χ0n) is 6.35. The number of rotatable bonds is 6. The van der Waals surface area contributed by atoms with Crippen molar-refractivity contribution in [1.82, 2.24) is 0 Å². The molecule has 0 spiro atoms. The third-order valence-electron chi connectivity index (χ3n) is 1.56. The lowest BCUT2D eigenvalue weighted by molar-refractivity contribution is 3.40. The molecule has 0 nitrogen and oxygen atoms in total. The third kappa shape index (κ3) is 4.78. The Morgan fingerprint density at radius 1 is 0.867 bits per heavy atom. The molecule has 0 amide bonds. The van der Waals surface area contributed by atoms with Crippen molar-refractivity contribution in [3.8, 4) is 0 Å². The SMILES string of the molecule is [B]B([B])B(B([B])[B][BH3-])B(B([B])[BH3-])B([BH3-])[BH3-]. The first-order valence-corrected chi connectivity index (χ1v) is 3.33. The zero-order valence-corrected chi connectivity index (χ0v) is 6.35. The van der Waals surface area contributed by atoms with Crippen LogP contribution in [0.25, 0.3) is 0 Å². The van der Waals surface area contributed by atoms with E-state index in [1.54, 1.807) is 0 Å². The molecule has 61 valence electrons. The summed E-state index contributed by atoms with van der Waals surface area (Å²) in [5, 5.41) is 0. The highest BCUT2D eigenvalue weighted by Gasteiger charge is 2.29. The molecule has 0 aliphatic rings. The van der Waals surface area contributed by atoms with Crippen LogP contribution in [0.15, 0.2) is 0 Å². The summed E-state index contributed by atoms with van der Waals surface area (Å²) in [7, 11) is 27.7. The molecule has 0 bridgehead atoms. The molecule has 0 fully saturated rings. The Kier molecular flexibility index (Phi) is 7.81. The van der Waals surface area contributed by atoms with E-state index in [4.69, 9.17) is 30.9 Å². The molecule has 0 atom stereocenters. The fourth-order valence-corrected chi connectivity index (χ4v) is 0.898. The molecular weight excluding hydrogens is 162 g/mol. The van der Waals surface area contributed by atoms with Gasteiger partial charge in [0, 0.05) is 0 Å². The maximum Gasteiger partial charge on any atom is -0.00000633 e. The van der Waals surface area contributed by atoms with E-state index in [1.807, 2.05) is 0 Å². The topological polar surface area (TPSA) is 0 Å². The highest BCUT2D eigenvalue weighted by molar-refractivity contribution is 8.12. The van der Waals surface area contributed by atoms with Crippen LogP contribution in [-0.4, -0.2) is 107 Å². The van der Waals surface area contributed by atoms with E-state index in [1.165, 1.54) is 0 Å². The second kappa shape index (κ2) is 7.33. The minimum Gasteiger partial charge on any atom is -0.264 e. The van der Waals surface area contributed by atoms with Crippen LogP contribution in [0.4, 0.5) is 0 Å². The van der Waals surface area contributed by atoms with Crippen molar-refractivity contribution in [1.29, 1.82) is 0 Å². The molecule has 0 aliphatic carbocycles. The molecule has 0 aromatic heterocycles. The van der Waals surface area contributed by atoms with Gasteiger partial charge in [-0.25, -0.2) is 0 Å². The Hall–Kier alpha value is 0.974. The van der Waals surface area contributed by atoms with Gasteiger partial charge in [-0.05, 0) is 50.1 Å². The predicted octanol–water partition coefficient (Wildman–Crippen LogP) is -8.92. The second-order valence-corrected chi connectivity index (χ2v) is 2.50. The van der Waals surface area contributed by atoms with Gasteiger partial charge in [0.05, 0.1) is 0 Å². The Balaban J connectivity index is 4.84. The second-order valence-electron chi connectivity index (χ2n) is 2.50. The smallest absolute Gasteiger partial charge is 0.00000633 e. The van der Waals surface area contributed by atoms with Gasteiger partial charge in [-0.2, -0.15) is 7.06 Å². The van der Waals surface area contributed by atoms with Crippen LogP contribution in [0, 0.1) is 0 Å². The summed E-state index contributed by atoms with van der Waals surface area (Å²) in [5.41, 5.74) is 0. The lowest BCUT2D eigenvalue weighted by atomic mass is 8.46. The van der Waals surface area contributed by atoms with E-state index in [2.05, 4.69) is 7.06 Å². The van der Waals surface area contributed by atoms with Crippen molar-refractivity contribution in [3.63, 3.8) is 0 Å². The molecule has 0 unspecified atom stereocenters. The summed E-state index contributed by atoms with van der Waals surface area (Å²) in [4.78, 5) is 0. The minimum atomic E-state index is -0.262. The van der Waals surface area contributed by atoms with Crippen LogP contribution in [-0.2, 0) is 0 Å². The van der Waals surface area contributed by atoms with Crippen LogP contribution < -0.4 is 0 Å². The van der Waals surface area contributed by atoms with Crippen molar-refractivity contribution in [2.24, 2.45) is 0 Å². The van der Waals surface area contributed by atoms with Crippen LogP contribution >= 0.6 is 0 Å². The molecule has 0 aromatic carbocycles. The van der Waals surface area contributed by atoms with E-state index in [0.717, 1.165) is 6.39 Å². The van der Waals surface area contributed by atoms with E-state index < -0.39 is 0 Å². The van der Waals surface area contributed by atoms with Crippen molar-refractivity contribution in [2.75, 3.05) is 0 Å². The number of hydrogen-bond acceptors (Lipinski definition) is 0. The predicted molar refractivity (Wildman–Crippen MR) is 103 cm³/mol. The van der Waals surface area contributed by atoms with E-state index >= 15 is 0 Å². The highest BCUT2D eigenvalue weighted by atomic mass is 13.2. The Bertz CT molecular complexity index is 147. The highest BCUT2D eigenvalue weighted by Crippen LogP contribution is 1.98. The first-order chi connectivity index (χ1) is 6.82. The monoisotopic (exact) mass is 177 g/mol. The largest absolute Gasteiger partial charge is 0.264 e. The number of hydrogen-bond donors (Lipinski definition) is 0. The average molecular weight is 174 g/mol. The molecule has 15 heavy (non-hydrogen) atoms. The molecule has 0 saturated carbocycles. The molecular formula is H12B15-4. The Morgan fingerprint density at radius 3 is 1.53 bits per heavy atom. The molecule has 0 N–H and O–H groups in total. The van der Waals surface area contributed by atoms with Crippen molar-refractivity contribution >= 4 is 107 Å². The molecule has 0 aliphatic heterocycles. The summed E-state index contributed by atoms with van der Waals surface area (Å²) in [6.45, 7) is 0. The van der Waals surface area contributed by atoms with Gasteiger partial charge in [-0.1, -0.05) is 21.9 Å². The van der Waals surface area contributed by atoms with Gasteiger partial charge in [0.25, 0.3) is 0 Å². The molecule has 0 heterocycles. The summed E-state index contributed by atoms with van der Waals surface area (Å²) < 4.78 is 0. The average Bonchev–Trinajstić information content (AvgIpc) is 2.10. The van der Waals surface area contributed by atoms with E-state index in [0.29, 0.717) is 28.2 Å². The fourth-order valence-electron chi connectivity index (χ4n) is 0.898. The van der Waals surface area contributed by atoms with E-state index in [-0.39, 0.29) is 34.6 Å². The maximum atomic E-state index is 6.20. The van der Waals surface area contributed by atoms with Crippen molar-refractivity contribution in [3.05, 3.63) is 0 Å². The quantitative estimate of drug-likeness (QED) is 0.351. The lowest BCUT2D eigenvalue weighted by Gasteiger charge is -2.43. The lowest BCUT2D eigenvalue weighted by Crippen LogP contribution is -2.73. The van der Waals surface area contributed by atoms with Gasteiger partial charge in [0.2, 0.25) is 0 Å². The first-order valence-electron chi connectivity index (χ1n) is 3.33. The van der Waals surface area contributed by atoms with Gasteiger partial charge in [-0.3, -0.25) is 6.39 Å². The van der Waals surface area contributed by atoms with Gasteiger partial charge >= 0.3 is 0 Å².